The highest BCUT2D eigenvalue weighted by Crippen LogP contribution is 2.37. The molecule has 5 rings (SSSR count). The summed E-state index contributed by atoms with van der Waals surface area (Å²) in [4.78, 5) is 10.5. The van der Waals surface area contributed by atoms with Crippen LogP contribution >= 0.6 is 0 Å². The van der Waals surface area contributed by atoms with Gasteiger partial charge in [0.2, 0.25) is 16.0 Å². The number of anilines is 2. The number of hydrogen-bond donors (Lipinski definition) is 2. The second kappa shape index (κ2) is 13.4. The van der Waals surface area contributed by atoms with Gasteiger partial charge in [-0.2, -0.15) is 31.3 Å². The number of aromatic nitrogens is 2. The zero-order valence-electron chi connectivity index (χ0n) is 24.9. The Morgan fingerprint density at radius 2 is 1.35 bits per heavy atom. The SMILES string of the molecule is CN(Cc1ccccc1)c1nc(NCC2CCC(CNS(=O)(=O)c3cc(C(F)(F)F)cc(C(F)(F)F)c3)CC2)nc2ccccc12. The fraction of sp³-hybridized carbons (Fsp3) is 0.375. The van der Waals surface area contributed by atoms with Crippen molar-refractivity contribution in [1.29, 1.82) is 0 Å². The molecule has 0 aliphatic heterocycles. The molecule has 46 heavy (non-hydrogen) atoms. The summed E-state index contributed by atoms with van der Waals surface area (Å²) in [5.74, 6) is 1.40. The molecule has 3 aromatic carbocycles. The Hall–Kier alpha value is -3.91. The minimum absolute atomic E-state index is 0.0923. The monoisotopic (exact) mass is 665 g/mol. The van der Waals surface area contributed by atoms with Crippen LogP contribution < -0.4 is 14.9 Å². The first-order valence-corrected chi connectivity index (χ1v) is 16.2. The Kier molecular flexibility index (Phi) is 9.78. The van der Waals surface area contributed by atoms with Crippen LogP contribution in [0.4, 0.5) is 38.1 Å². The van der Waals surface area contributed by atoms with Crippen LogP contribution in [0.2, 0.25) is 0 Å². The van der Waals surface area contributed by atoms with Crippen LogP contribution in [0.3, 0.4) is 0 Å². The molecule has 1 fully saturated rings. The lowest BCUT2D eigenvalue weighted by Crippen LogP contribution is -2.32. The second-order valence-electron chi connectivity index (χ2n) is 11.6. The van der Waals surface area contributed by atoms with Gasteiger partial charge in [-0.1, -0.05) is 42.5 Å². The largest absolute Gasteiger partial charge is 0.416 e. The van der Waals surface area contributed by atoms with Gasteiger partial charge in [0.25, 0.3) is 0 Å². The van der Waals surface area contributed by atoms with E-state index in [1.54, 1.807) is 0 Å². The first-order valence-electron chi connectivity index (χ1n) is 14.7. The third kappa shape index (κ3) is 8.27. The standard InChI is InChI=1S/C32H33F6N5O2S/c1-43(20-23-7-3-2-4-8-23)29-27-9-5-6-10-28(27)41-30(42-29)39-18-21-11-13-22(14-12-21)19-40-46(44,45)26-16-24(31(33,34)35)15-25(17-26)32(36,37)38/h2-10,15-17,21-22,40H,11-14,18-20H2,1H3,(H,39,41,42). The lowest BCUT2D eigenvalue weighted by molar-refractivity contribution is -0.143. The average molecular weight is 666 g/mol. The van der Waals surface area contributed by atoms with Gasteiger partial charge < -0.3 is 10.2 Å². The van der Waals surface area contributed by atoms with Crippen LogP contribution in [-0.2, 0) is 28.9 Å². The first-order chi connectivity index (χ1) is 21.7. The quantitative estimate of drug-likeness (QED) is 0.171. The number of halogens is 6. The van der Waals surface area contributed by atoms with Gasteiger partial charge >= 0.3 is 12.4 Å². The zero-order chi connectivity index (χ0) is 33.1. The third-order valence-corrected chi connectivity index (χ3v) is 9.56. The van der Waals surface area contributed by atoms with E-state index in [1.807, 2.05) is 49.5 Å². The first kappa shape index (κ1) is 33.5. The van der Waals surface area contributed by atoms with Crippen LogP contribution in [0.5, 0.6) is 0 Å². The number of sulfonamides is 1. The molecule has 4 aromatic rings. The van der Waals surface area contributed by atoms with Gasteiger partial charge in [-0.15, -0.1) is 0 Å². The number of nitrogens with one attached hydrogen (secondary N) is 2. The minimum Gasteiger partial charge on any atom is -0.355 e. The molecule has 1 aliphatic carbocycles. The highest BCUT2D eigenvalue weighted by molar-refractivity contribution is 7.89. The fourth-order valence-corrected chi connectivity index (χ4v) is 6.82. The van der Waals surface area contributed by atoms with Gasteiger partial charge in [0.15, 0.2) is 0 Å². The van der Waals surface area contributed by atoms with E-state index in [2.05, 4.69) is 32.1 Å². The number of fused-ring (bicyclic) bond motifs is 1. The van der Waals surface area contributed by atoms with Crippen molar-refractivity contribution >= 4 is 32.7 Å². The lowest BCUT2D eigenvalue weighted by atomic mass is 9.82. The molecule has 2 N–H and O–H groups in total. The van der Waals surface area contributed by atoms with Gasteiger partial charge in [0.05, 0.1) is 21.5 Å². The van der Waals surface area contributed by atoms with E-state index in [9.17, 15) is 34.8 Å². The maximum Gasteiger partial charge on any atom is 0.416 e. The van der Waals surface area contributed by atoms with Crippen molar-refractivity contribution in [2.75, 3.05) is 30.4 Å². The Morgan fingerprint density at radius 3 is 1.96 bits per heavy atom. The van der Waals surface area contributed by atoms with E-state index < -0.39 is 38.4 Å². The topological polar surface area (TPSA) is 87.2 Å². The molecule has 0 spiro atoms. The molecule has 14 heteroatoms. The second-order valence-corrected chi connectivity index (χ2v) is 13.4. The van der Waals surface area contributed by atoms with Crippen molar-refractivity contribution < 1.29 is 34.8 Å². The molecule has 1 heterocycles. The number of benzene rings is 3. The van der Waals surface area contributed by atoms with Crippen molar-refractivity contribution in [3.8, 4) is 0 Å². The summed E-state index contributed by atoms with van der Waals surface area (Å²) in [5.41, 5.74) is -1.42. The fourth-order valence-electron chi connectivity index (χ4n) is 5.63. The number of alkyl halides is 6. The van der Waals surface area contributed by atoms with Gasteiger partial charge in [-0.25, -0.2) is 18.1 Å². The predicted octanol–water partition coefficient (Wildman–Crippen LogP) is 7.50. The molecule has 1 aliphatic rings. The van der Waals surface area contributed by atoms with Crippen molar-refractivity contribution in [1.82, 2.24) is 14.7 Å². The molecule has 0 saturated heterocycles. The van der Waals surface area contributed by atoms with Crippen molar-refractivity contribution in [3.05, 3.63) is 89.5 Å². The van der Waals surface area contributed by atoms with Crippen LogP contribution in [0, 0.1) is 11.8 Å². The van der Waals surface area contributed by atoms with Gasteiger partial charge in [0.1, 0.15) is 5.82 Å². The maximum absolute atomic E-state index is 13.2. The van der Waals surface area contributed by atoms with E-state index in [-0.39, 0.29) is 36.6 Å². The molecule has 0 atom stereocenters. The molecule has 7 nitrogen and oxygen atoms in total. The summed E-state index contributed by atoms with van der Waals surface area (Å²) in [7, 11) is -2.64. The van der Waals surface area contributed by atoms with E-state index in [1.165, 1.54) is 0 Å². The van der Waals surface area contributed by atoms with E-state index in [4.69, 9.17) is 4.98 Å². The normalized spacial score (nSPS) is 17.6. The molecular formula is C32H33F6N5O2S. The van der Waals surface area contributed by atoms with Crippen molar-refractivity contribution in [2.45, 2.75) is 49.5 Å². The number of hydrogen-bond acceptors (Lipinski definition) is 6. The van der Waals surface area contributed by atoms with Crippen LogP contribution in [0.15, 0.2) is 77.7 Å². The molecule has 246 valence electrons. The number of nitrogens with zero attached hydrogens (tertiary/aromatic N) is 3. The molecule has 1 aromatic heterocycles. The van der Waals surface area contributed by atoms with Crippen LogP contribution in [0.25, 0.3) is 10.9 Å². The smallest absolute Gasteiger partial charge is 0.355 e. The molecule has 1 saturated carbocycles. The van der Waals surface area contributed by atoms with E-state index >= 15 is 0 Å². The van der Waals surface area contributed by atoms with Crippen molar-refractivity contribution in [2.24, 2.45) is 11.8 Å². The maximum atomic E-state index is 13.2. The average Bonchev–Trinajstić information content (AvgIpc) is 3.02. The van der Waals surface area contributed by atoms with Gasteiger partial charge in [-0.05, 0) is 73.4 Å². The van der Waals surface area contributed by atoms with Crippen molar-refractivity contribution in [3.63, 3.8) is 0 Å². The van der Waals surface area contributed by atoms with E-state index in [0.29, 0.717) is 31.9 Å². The summed E-state index contributed by atoms with van der Waals surface area (Å²) >= 11 is 0. The summed E-state index contributed by atoms with van der Waals surface area (Å²) in [6.45, 7) is 1.15. The van der Waals surface area contributed by atoms with E-state index in [0.717, 1.165) is 35.1 Å². The third-order valence-electron chi connectivity index (χ3n) is 8.16. The Morgan fingerprint density at radius 1 is 0.783 bits per heavy atom. The lowest BCUT2D eigenvalue weighted by Gasteiger charge is -2.29. The molecule has 0 amide bonds. The number of para-hydroxylation sites is 1. The van der Waals surface area contributed by atoms with Gasteiger partial charge in [-0.3, -0.25) is 0 Å². The molecule has 0 bridgehead atoms. The number of rotatable bonds is 10. The summed E-state index contributed by atoms with van der Waals surface area (Å²) in [6, 6.07) is 18.2. The van der Waals surface area contributed by atoms with Crippen LogP contribution in [-0.4, -0.2) is 38.5 Å². The van der Waals surface area contributed by atoms with Gasteiger partial charge in [0, 0.05) is 32.1 Å². The Balaban J connectivity index is 1.18. The van der Waals surface area contributed by atoms with Crippen LogP contribution in [0.1, 0.15) is 42.4 Å². The Labute approximate surface area is 263 Å². The summed E-state index contributed by atoms with van der Waals surface area (Å²) in [6.07, 6.45) is -7.53. The Bertz CT molecular complexity index is 1730. The summed E-state index contributed by atoms with van der Waals surface area (Å²) in [5, 5.41) is 4.27. The molecular weight excluding hydrogens is 632 g/mol. The predicted molar refractivity (Wildman–Crippen MR) is 164 cm³/mol. The highest BCUT2D eigenvalue weighted by atomic mass is 32.2. The minimum atomic E-state index is -5.14. The molecule has 0 radical (unpaired) electrons. The summed E-state index contributed by atoms with van der Waals surface area (Å²) < 4.78 is 107. The zero-order valence-corrected chi connectivity index (χ0v) is 25.7. The highest BCUT2D eigenvalue weighted by Gasteiger charge is 2.38. The molecule has 0 unspecified atom stereocenters.